The van der Waals surface area contributed by atoms with Crippen LogP contribution in [0.1, 0.15) is 31.5 Å². The van der Waals surface area contributed by atoms with Crippen molar-refractivity contribution >= 4 is 22.4 Å². The monoisotopic (exact) mass is 413 g/mol. The highest BCUT2D eigenvalue weighted by Crippen LogP contribution is 2.28. The Bertz CT molecular complexity index is 859. The zero-order chi connectivity index (χ0) is 18.1. The van der Waals surface area contributed by atoms with E-state index in [-0.39, 0.29) is 30.0 Å². The van der Waals surface area contributed by atoms with Crippen LogP contribution in [0.2, 0.25) is 0 Å². The number of ether oxygens (including phenoxy) is 1. The Hall–Kier alpha value is -1.68. The van der Waals surface area contributed by atoms with Gasteiger partial charge >= 0.3 is 0 Å². The summed E-state index contributed by atoms with van der Waals surface area (Å²) in [4.78, 5) is 4.34. The van der Waals surface area contributed by atoms with Gasteiger partial charge in [-0.2, -0.15) is 5.10 Å². The molecule has 2 aliphatic heterocycles. The van der Waals surface area contributed by atoms with Gasteiger partial charge in [-0.3, -0.25) is 4.68 Å². The predicted molar refractivity (Wildman–Crippen MR) is 102 cm³/mol. The minimum absolute atomic E-state index is 0. The van der Waals surface area contributed by atoms with E-state index in [0.29, 0.717) is 23.7 Å². The Kier molecular flexibility index (Phi) is 6.05. The van der Waals surface area contributed by atoms with Gasteiger partial charge in [-0.05, 0) is 49.9 Å². The minimum Gasteiger partial charge on any atom is -0.486 e. The number of fused-ring (bicyclic) bond motifs is 2. The van der Waals surface area contributed by atoms with E-state index in [9.17, 15) is 8.42 Å². The second kappa shape index (κ2) is 8.14. The van der Waals surface area contributed by atoms with Crippen molar-refractivity contribution in [3.05, 3.63) is 36.4 Å². The van der Waals surface area contributed by atoms with Crippen molar-refractivity contribution in [2.24, 2.45) is 7.05 Å². The van der Waals surface area contributed by atoms with E-state index < -0.39 is 10.0 Å². The van der Waals surface area contributed by atoms with Gasteiger partial charge in [-0.25, -0.2) is 18.1 Å². The molecular weight excluding hydrogens is 390 g/mol. The first kappa shape index (κ1) is 20.1. The lowest BCUT2D eigenvalue weighted by Gasteiger charge is -2.29. The normalized spacial score (nSPS) is 24.4. The van der Waals surface area contributed by atoms with Crippen molar-refractivity contribution in [2.45, 2.75) is 55.3 Å². The summed E-state index contributed by atoms with van der Waals surface area (Å²) in [5.41, 5.74) is 0. The van der Waals surface area contributed by atoms with Crippen molar-refractivity contribution in [3.63, 3.8) is 0 Å². The van der Waals surface area contributed by atoms with Gasteiger partial charge in [-0.1, -0.05) is 0 Å². The van der Waals surface area contributed by atoms with E-state index >= 15 is 0 Å². The molecule has 4 rings (SSSR count). The number of aryl methyl sites for hydroxylation is 1. The zero-order valence-corrected chi connectivity index (χ0v) is 16.7. The lowest BCUT2D eigenvalue weighted by Crippen LogP contribution is -2.47. The molecule has 0 saturated carbocycles. The highest BCUT2D eigenvalue weighted by Gasteiger charge is 2.35. The fourth-order valence-electron chi connectivity index (χ4n) is 3.75. The van der Waals surface area contributed by atoms with Crippen molar-refractivity contribution < 1.29 is 13.2 Å². The van der Waals surface area contributed by atoms with Gasteiger partial charge in [-0.15, -0.1) is 12.4 Å². The van der Waals surface area contributed by atoms with Crippen LogP contribution in [0.4, 0.5) is 0 Å². The molecule has 0 amide bonds. The van der Waals surface area contributed by atoms with Gasteiger partial charge in [0.05, 0.1) is 4.90 Å². The molecule has 2 fully saturated rings. The van der Waals surface area contributed by atoms with E-state index in [1.807, 2.05) is 0 Å². The zero-order valence-electron chi connectivity index (χ0n) is 15.0. The van der Waals surface area contributed by atoms with Crippen LogP contribution >= 0.6 is 12.4 Å². The third-order valence-electron chi connectivity index (χ3n) is 5.10. The summed E-state index contributed by atoms with van der Waals surface area (Å²) in [6, 6.07) is 7.36. The summed E-state index contributed by atoms with van der Waals surface area (Å²) in [6.07, 6.45) is 5.46. The van der Waals surface area contributed by atoms with Crippen LogP contribution in [0.25, 0.3) is 0 Å². The molecule has 2 aliphatic rings. The van der Waals surface area contributed by atoms with E-state index in [0.717, 1.165) is 25.7 Å². The predicted octanol–water partition coefficient (Wildman–Crippen LogP) is 1.38. The lowest BCUT2D eigenvalue weighted by molar-refractivity contribution is 0.289. The number of nitrogens with zero attached hydrogens (tertiary/aromatic N) is 3. The maximum absolute atomic E-state index is 12.6. The average molecular weight is 414 g/mol. The molecular formula is C17H24ClN5O3S. The lowest BCUT2D eigenvalue weighted by atomic mass is 10.0. The van der Waals surface area contributed by atoms with Crippen molar-refractivity contribution in [2.75, 3.05) is 0 Å². The second-order valence-corrected chi connectivity index (χ2v) is 8.70. The number of sulfonamides is 1. The number of aromatic nitrogens is 3. The molecule has 0 aliphatic carbocycles. The van der Waals surface area contributed by atoms with Gasteiger partial charge < -0.3 is 10.1 Å². The van der Waals surface area contributed by atoms with Gasteiger partial charge in [0.25, 0.3) is 0 Å². The molecule has 1 aromatic carbocycles. The first-order valence-corrected chi connectivity index (χ1v) is 10.3. The molecule has 2 saturated heterocycles. The third-order valence-corrected chi connectivity index (χ3v) is 6.64. The molecule has 8 nitrogen and oxygen atoms in total. The van der Waals surface area contributed by atoms with Gasteiger partial charge in [0, 0.05) is 25.2 Å². The number of rotatable bonds is 6. The minimum atomic E-state index is -3.52. The quantitative estimate of drug-likeness (QED) is 0.742. The second-order valence-electron chi connectivity index (χ2n) is 6.99. The summed E-state index contributed by atoms with van der Waals surface area (Å²) < 4.78 is 35.4. The van der Waals surface area contributed by atoms with Crippen LogP contribution in [-0.4, -0.2) is 41.3 Å². The molecule has 0 radical (unpaired) electrons. The molecule has 2 bridgehead atoms. The topological polar surface area (TPSA) is 98.1 Å². The third kappa shape index (κ3) is 4.60. The van der Waals surface area contributed by atoms with Gasteiger partial charge in [0.15, 0.2) is 5.82 Å². The Morgan fingerprint density at radius 3 is 2.48 bits per heavy atom. The molecule has 1 aromatic heterocycles. The molecule has 2 N–H and O–H groups in total. The molecule has 0 spiro atoms. The number of piperidine rings is 1. The van der Waals surface area contributed by atoms with Crippen LogP contribution in [-0.2, 0) is 23.7 Å². The summed E-state index contributed by atoms with van der Waals surface area (Å²) >= 11 is 0. The molecule has 27 heavy (non-hydrogen) atoms. The van der Waals surface area contributed by atoms with E-state index in [1.165, 1.54) is 6.33 Å². The number of hydrogen-bond acceptors (Lipinski definition) is 6. The van der Waals surface area contributed by atoms with Crippen molar-refractivity contribution in [1.82, 2.24) is 24.8 Å². The molecule has 148 valence electrons. The van der Waals surface area contributed by atoms with Crippen LogP contribution < -0.4 is 14.8 Å². The molecule has 2 unspecified atom stereocenters. The van der Waals surface area contributed by atoms with E-state index in [1.54, 1.807) is 36.0 Å². The largest absolute Gasteiger partial charge is 0.486 e. The molecule has 2 aromatic rings. The molecule has 10 heteroatoms. The van der Waals surface area contributed by atoms with E-state index in [4.69, 9.17) is 4.74 Å². The number of benzene rings is 1. The number of hydrogen-bond donors (Lipinski definition) is 2. The van der Waals surface area contributed by atoms with E-state index in [2.05, 4.69) is 20.1 Å². The first-order chi connectivity index (χ1) is 12.5. The van der Waals surface area contributed by atoms with Crippen LogP contribution in [0.5, 0.6) is 5.75 Å². The Morgan fingerprint density at radius 2 is 1.89 bits per heavy atom. The smallest absolute Gasteiger partial charge is 0.240 e. The van der Waals surface area contributed by atoms with Crippen LogP contribution in [0, 0.1) is 0 Å². The van der Waals surface area contributed by atoms with Crippen molar-refractivity contribution in [1.29, 1.82) is 0 Å². The average Bonchev–Trinajstić information content (AvgIpc) is 3.18. The summed E-state index contributed by atoms with van der Waals surface area (Å²) in [5, 5.41) is 7.50. The Morgan fingerprint density at radius 1 is 1.22 bits per heavy atom. The fourth-order valence-corrected chi connectivity index (χ4v) is 5.02. The SMILES string of the molecule is Cl.Cn1ncnc1COc1ccc(S(=O)(=O)NC2CC3CCC(C2)N3)cc1. The van der Waals surface area contributed by atoms with Crippen molar-refractivity contribution in [3.8, 4) is 5.75 Å². The standard InChI is InChI=1S/C17H23N5O3S.ClH/c1-22-17(18-11-19-22)10-25-15-4-6-16(7-5-15)26(23,24)21-14-8-12-2-3-13(9-14)20-12;/h4-7,11-14,20-21H,2-3,8-10H2,1H3;1H. The Labute approximate surface area is 165 Å². The number of nitrogens with one attached hydrogen (secondary N) is 2. The summed E-state index contributed by atoms with van der Waals surface area (Å²) in [6.45, 7) is 0.276. The molecule has 2 atom stereocenters. The van der Waals surface area contributed by atoms with Crippen LogP contribution in [0.3, 0.4) is 0 Å². The highest BCUT2D eigenvalue weighted by molar-refractivity contribution is 7.89. The Balaban J connectivity index is 0.00000210. The maximum Gasteiger partial charge on any atom is 0.240 e. The number of halogens is 1. The van der Waals surface area contributed by atoms with Gasteiger partial charge in [0.2, 0.25) is 10.0 Å². The molecule has 3 heterocycles. The maximum atomic E-state index is 12.6. The first-order valence-electron chi connectivity index (χ1n) is 8.84. The van der Waals surface area contributed by atoms with Crippen LogP contribution in [0.15, 0.2) is 35.5 Å². The highest BCUT2D eigenvalue weighted by atomic mass is 35.5. The summed E-state index contributed by atoms with van der Waals surface area (Å²) in [5.74, 6) is 1.29. The summed E-state index contributed by atoms with van der Waals surface area (Å²) in [7, 11) is -1.73. The fraction of sp³-hybridized carbons (Fsp3) is 0.529. The van der Waals surface area contributed by atoms with Gasteiger partial charge in [0.1, 0.15) is 18.7 Å².